The number of carbonyl (C=O) groups is 1. The molecule has 0 radical (unpaired) electrons. The third-order valence-corrected chi connectivity index (χ3v) is 6.25. The molecule has 23 heavy (non-hydrogen) atoms. The first-order valence-corrected chi connectivity index (χ1v) is 8.29. The molecule has 0 amide bonds. The summed E-state index contributed by atoms with van der Waals surface area (Å²) in [6, 6.07) is 3.91. The van der Waals surface area contributed by atoms with Crippen LogP contribution in [0, 0.1) is 5.92 Å². The van der Waals surface area contributed by atoms with E-state index in [1.165, 1.54) is 13.2 Å². The van der Waals surface area contributed by atoms with Crippen molar-refractivity contribution < 1.29 is 36.2 Å². The maximum absolute atomic E-state index is 13.0. The lowest BCUT2D eigenvalue weighted by molar-refractivity contribution is -0.145. The topological polar surface area (TPSA) is 80.7 Å². The van der Waals surface area contributed by atoms with Crippen LogP contribution in [0.4, 0.5) is 13.2 Å². The number of hydrogen-bond acceptors (Lipinski definition) is 4. The lowest BCUT2D eigenvalue weighted by Crippen LogP contribution is -2.24. The van der Waals surface area contributed by atoms with E-state index in [1.807, 2.05) is 0 Å². The standard InChI is InChI=1S/C14H15F3O5S/c1-22-11-7-8(6-9(11)13(18)19)23(20,21)12-5-3-2-4-10(12)14(15,16)17/h2-5,8-9,11H,6-7H2,1H3,(H,18,19)/t8-,9-,11-/m1/s1. The van der Waals surface area contributed by atoms with Crippen LogP contribution >= 0.6 is 0 Å². The second-order valence-corrected chi connectivity index (χ2v) is 7.55. The predicted molar refractivity (Wildman–Crippen MR) is 73.6 cm³/mol. The van der Waals surface area contributed by atoms with Gasteiger partial charge < -0.3 is 9.84 Å². The summed E-state index contributed by atoms with van der Waals surface area (Å²) in [6.07, 6.45) is -6.08. The number of benzene rings is 1. The second-order valence-electron chi connectivity index (χ2n) is 5.35. The third-order valence-electron chi connectivity index (χ3n) is 4.02. The largest absolute Gasteiger partial charge is 0.481 e. The van der Waals surface area contributed by atoms with E-state index in [2.05, 4.69) is 0 Å². The molecule has 128 valence electrons. The van der Waals surface area contributed by atoms with Crippen molar-refractivity contribution in [2.45, 2.75) is 35.3 Å². The zero-order chi connectivity index (χ0) is 17.4. The summed E-state index contributed by atoms with van der Waals surface area (Å²) >= 11 is 0. The highest BCUT2D eigenvalue weighted by Crippen LogP contribution is 2.40. The summed E-state index contributed by atoms with van der Waals surface area (Å²) in [7, 11) is -3.08. The third kappa shape index (κ3) is 3.35. The molecular weight excluding hydrogens is 337 g/mol. The molecule has 1 N–H and O–H groups in total. The van der Waals surface area contributed by atoms with Crippen molar-refractivity contribution in [3.05, 3.63) is 29.8 Å². The van der Waals surface area contributed by atoms with Crippen molar-refractivity contribution >= 4 is 15.8 Å². The van der Waals surface area contributed by atoms with Crippen molar-refractivity contribution in [3.63, 3.8) is 0 Å². The number of sulfone groups is 1. The summed E-state index contributed by atoms with van der Waals surface area (Å²) in [5.41, 5.74) is -1.24. The van der Waals surface area contributed by atoms with Crippen LogP contribution in [0.5, 0.6) is 0 Å². The van der Waals surface area contributed by atoms with E-state index in [9.17, 15) is 26.4 Å². The lowest BCUT2D eigenvalue weighted by Gasteiger charge is -2.16. The smallest absolute Gasteiger partial charge is 0.417 e. The fourth-order valence-electron chi connectivity index (χ4n) is 2.86. The summed E-state index contributed by atoms with van der Waals surface area (Å²) in [5.74, 6) is -2.28. The summed E-state index contributed by atoms with van der Waals surface area (Å²) < 4.78 is 69.2. The Labute approximate surface area is 131 Å². The number of aliphatic carboxylic acids is 1. The van der Waals surface area contributed by atoms with E-state index >= 15 is 0 Å². The second kappa shape index (κ2) is 6.12. The van der Waals surface area contributed by atoms with E-state index in [0.29, 0.717) is 6.07 Å². The highest BCUT2D eigenvalue weighted by molar-refractivity contribution is 7.92. The Kier molecular flexibility index (Phi) is 4.72. The van der Waals surface area contributed by atoms with Gasteiger partial charge in [0.2, 0.25) is 0 Å². The van der Waals surface area contributed by atoms with Gasteiger partial charge in [0.1, 0.15) is 0 Å². The van der Waals surface area contributed by atoms with Gasteiger partial charge in [-0.1, -0.05) is 12.1 Å². The van der Waals surface area contributed by atoms with Crippen molar-refractivity contribution in [1.82, 2.24) is 0 Å². The number of rotatable bonds is 4. The Morgan fingerprint density at radius 2 is 1.87 bits per heavy atom. The van der Waals surface area contributed by atoms with E-state index in [-0.39, 0.29) is 12.8 Å². The van der Waals surface area contributed by atoms with Crippen molar-refractivity contribution in [2.75, 3.05) is 7.11 Å². The molecule has 0 bridgehead atoms. The van der Waals surface area contributed by atoms with Crippen LogP contribution in [-0.2, 0) is 25.5 Å². The monoisotopic (exact) mass is 352 g/mol. The molecule has 1 aliphatic carbocycles. The molecule has 1 aliphatic rings. The van der Waals surface area contributed by atoms with Gasteiger partial charge in [0, 0.05) is 7.11 Å². The number of alkyl halides is 3. The number of methoxy groups -OCH3 is 1. The van der Waals surface area contributed by atoms with Crippen LogP contribution in [0.1, 0.15) is 18.4 Å². The number of carboxylic acid groups (broad SMARTS) is 1. The minimum Gasteiger partial charge on any atom is -0.481 e. The predicted octanol–water partition coefficient (Wildman–Crippen LogP) is 2.36. The molecule has 9 heteroatoms. The Morgan fingerprint density at radius 3 is 2.35 bits per heavy atom. The Bertz CT molecular complexity index is 699. The van der Waals surface area contributed by atoms with Crippen molar-refractivity contribution in [3.8, 4) is 0 Å². The van der Waals surface area contributed by atoms with Crippen LogP contribution in [0.15, 0.2) is 29.2 Å². The minimum atomic E-state index is -4.81. The summed E-state index contributed by atoms with van der Waals surface area (Å²) in [4.78, 5) is 10.3. The van der Waals surface area contributed by atoms with Crippen LogP contribution < -0.4 is 0 Å². The fourth-order valence-corrected chi connectivity index (χ4v) is 4.88. The van der Waals surface area contributed by atoms with Gasteiger partial charge in [0.25, 0.3) is 0 Å². The maximum Gasteiger partial charge on any atom is 0.417 e. The molecule has 5 nitrogen and oxygen atoms in total. The number of carboxylic acids is 1. The molecule has 1 aromatic carbocycles. The first kappa shape index (κ1) is 17.7. The Hall–Kier alpha value is -1.61. The molecule has 0 unspecified atom stereocenters. The highest BCUT2D eigenvalue weighted by Gasteiger charge is 2.47. The van der Waals surface area contributed by atoms with Gasteiger partial charge in [-0.05, 0) is 25.0 Å². The van der Waals surface area contributed by atoms with E-state index in [0.717, 1.165) is 12.1 Å². The van der Waals surface area contributed by atoms with Gasteiger partial charge in [0.05, 0.1) is 27.7 Å². The molecule has 0 aromatic heterocycles. The minimum absolute atomic E-state index is 0.151. The molecule has 1 fully saturated rings. The van der Waals surface area contributed by atoms with Gasteiger partial charge in [-0.15, -0.1) is 0 Å². The van der Waals surface area contributed by atoms with Gasteiger partial charge >= 0.3 is 12.1 Å². The quantitative estimate of drug-likeness (QED) is 0.900. The molecule has 0 aliphatic heterocycles. The lowest BCUT2D eigenvalue weighted by atomic mass is 10.1. The van der Waals surface area contributed by atoms with Gasteiger partial charge in [-0.3, -0.25) is 4.79 Å². The molecular formula is C14H15F3O5S. The first-order valence-electron chi connectivity index (χ1n) is 6.74. The van der Waals surface area contributed by atoms with E-state index in [1.54, 1.807) is 0 Å². The molecule has 1 aromatic rings. The van der Waals surface area contributed by atoms with Crippen LogP contribution in [-0.4, -0.2) is 38.0 Å². The van der Waals surface area contributed by atoms with E-state index < -0.39 is 49.7 Å². The Morgan fingerprint density at radius 1 is 1.26 bits per heavy atom. The van der Waals surface area contributed by atoms with Gasteiger partial charge in [-0.2, -0.15) is 13.2 Å². The molecule has 0 spiro atoms. The van der Waals surface area contributed by atoms with E-state index in [4.69, 9.17) is 9.84 Å². The van der Waals surface area contributed by atoms with Crippen molar-refractivity contribution in [2.24, 2.45) is 5.92 Å². The first-order chi connectivity index (χ1) is 10.6. The summed E-state index contributed by atoms with van der Waals surface area (Å²) in [6.45, 7) is 0. The van der Waals surface area contributed by atoms with Crippen LogP contribution in [0.3, 0.4) is 0 Å². The summed E-state index contributed by atoms with van der Waals surface area (Å²) in [5, 5.41) is 7.87. The normalized spacial score (nSPS) is 25.5. The molecule has 1 saturated carbocycles. The zero-order valence-electron chi connectivity index (χ0n) is 12.1. The maximum atomic E-state index is 13.0. The highest BCUT2D eigenvalue weighted by atomic mass is 32.2. The van der Waals surface area contributed by atoms with Crippen molar-refractivity contribution in [1.29, 1.82) is 0 Å². The molecule has 3 atom stereocenters. The molecule has 0 saturated heterocycles. The average Bonchev–Trinajstić information content (AvgIpc) is 2.91. The zero-order valence-corrected chi connectivity index (χ0v) is 12.9. The molecule has 2 rings (SSSR count). The van der Waals surface area contributed by atoms with Crippen LogP contribution in [0.2, 0.25) is 0 Å². The average molecular weight is 352 g/mol. The van der Waals surface area contributed by atoms with Gasteiger partial charge in [-0.25, -0.2) is 8.42 Å². The SMILES string of the molecule is CO[C@@H]1C[C@H](S(=O)(=O)c2ccccc2C(F)(F)F)C[C@H]1C(=O)O. The van der Waals surface area contributed by atoms with Crippen LogP contribution in [0.25, 0.3) is 0 Å². The molecule has 0 heterocycles. The van der Waals surface area contributed by atoms with Gasteiger partial charge in [0.15, 0.2) is 9.84 Å². The number of ether oxygens (including phenoxy) is 1. The number of halogens is 3. The number of hydrogen-bond donors (Lipinski definition) is 1. The fraction of sp³-hybridized carbons (Fsp3) is 0.500. The Balaban J connectivity index is 2.43.